The molecule has 0 amide bonds. The molecule has 0 saturated heterocycles. The Morgan fingerprint density at radius 1 is 1.30 bits per heavy atom. The van der Waals surface area contributed by atoms with E-state index in [1.54, 1.807) is 4.68 Å². The third-order valence-electron chi connectivity index (χ3n) is 2.54. The molecule has 0 aliphatic rings. The second kappa shape index (κ2) is 6.82. The number of thioether (sulfide) groups is 1. The van der Waals surface area contributed by atoms with E-state index in [-0.39, 0.29) is 5.75 Å². The lowest BCUT2D eigenvalue weighted by molar-refractivity contribution is 0.587. The van der Waals surface area contributed by atoms with Crippen molar-refractivity contribution in [3.8, 4) is 5.69 Å². The quantitative estimate of drug-likeness (QED) is 0.597. The highest BCUT2D eigenvalue weighted by Crippen LogP contribution is 2.18. The Morgan fingerprint density at radius 2 is 2.05 bits per heavy atom. The molecule has 1 heterocycles. The number of nitrogens with one attached hydrogen (secondary N) is 1. The first kappa shape index (κ1) is 14.9. The Morgan fingerprint density at radius 3 is 2.75 bits per heavy atom. The smallest absolute Gasteiger partial charge is 0.214 e. The van der Waals surface area contributed by atoms with Crippen molar-refractivity contribution in [2.45, 2.75) is 11.6 Å². The van der Waals surface area contributed by atoms with E-state index in [1.807, 2.05) is 30.3 Å². The summed E-state index contributed by atoms with van der Waals surface area (Å²) < 4.78 is 26.5. The predicted molar refractivity (Wildman–Crippen MR) is 77.3 cm³/mol. The molecule has 108 valence electrons. The Hall–Kier alpha value is -1.45. The van der Waals surface area contributed by atoms with Gasteiger partial charge in [-0.25, -0.2) is 13.1 Å². The van der Waals surface area contributed by atoms with Gasteiger partial charge in [0.15, 0.2) is 0 Å². The third-order valence-corrected chi connectivity index (χ3v) is 4.99. The van der Waals surface area contributed by atoms with Crippen molar-refractivity contribution in [1.29, 1.82) is 0 Å². The van der Waals surface area contributed by atoms with Crippen molar-refractivity contribution in [1.82, 2.24) is 24.9 Å². The lowest BCUT2D eigenvalue weighted by Crippen LogP contribution is -2.22. The van der Waals surface area contributed by atoms with Crippen LogP contribution in [-0.4, -0.2) is 47.2 Å². The Kier molecular flexibility index (Phi) is 5.10. The normalized spacial score (nSPS) is 11.7. The number of para-hydroxylation sites is 1. The number of sulfonamides is 1. The van der Waals surface area contributed by atoms with E-state index in [2.05, 4.69) is 20.2 Å². The lowest BCUT2D eigenvalue weighted by Gasteiger charge is -2.04. The van der Waals surface area contributed by atoms with Gasteiger partial charge in [-0.05, 0) is 36.0 Å². The van der Waals surface area contributed by atoms with E-state index in [0.29, 0.717) is 17.3 Å². The molecule has 0 aliphatic carbocycles. The number of hydrogen-bond acceptors (Lipinski definition) is 6. The second-order valence-corrected chi connectivity index (χ2v) is 7.04. The molecule has 7 nitrogen and oxygen atoms in total. The van der Waals surface area contributed by atoms with Crippen molar-refractivity contribution in [2.24, 2.45) is 0 Å². The molecular weight excluding hydrogens is 298 g/mol. The summed E-state index contributed by atoms with van der Waals surface area (Å²) in [5.74, 6) is 0.734. The van der Waals surface area contributed by atoms with E-state index in [0.717, 1.165) is 5.69 Å². The van der Waals surface area contributed by atoms with Crippen LogP contribution in [0.15, 0.2) is 35.5 Å². The van der Waals surface area contributed by atoms with Crippen LogP contribution in [0.4, 0.5) is 0 Å². The van der Waals surface area contributed by atoms with Crippen LogP contribution < -0.4 is 4.72 Å². The summed E-state index contributed by atoms with van der Waals surface area (Å²) in [6.07, 6.45) is 0.537. The standard InChI is InChI=1S/C11H15N5O2S2/c1-12-20(17,18)9-5-8-19-11-13-14-15-16(11)10-6-3-2-4-7-10/h2-4,6-7,12H,5,8-9H2,1H3. The third kappa shape index (κ3) is 4.02. The Balaban J connectivity index is 1.94. The average Bonchev–Trinajstić information content (AvgIpc) is 2.93. The fourth-order valence-electron chi connectivity index (χ4n) is 1.51. The van der Waals surface area contributed by atoms with Gasteiger partial charge >= 0.3 is 0 Å². The summed E-state index contributed by atoms with van der Waals surface area (Å²) in [5, 5.41) is 12.2. The van der Waals surface area contributed by atoms with Crippen LogP contribution in [0.25, 0.3) is 5.69 Å². The lowest BCUT2D eigenvalue weighted by atomic mass is 10.3. The van der Waals surface area contributed by atoms with E-state index >= 15 is 0 Å². The Bertz CT molecular complexity index is 642. The molecule has 20 heavy (non-hydrogen) atoms. The highest BCUT2D eigenvalue weighted by Gasteiger charge is 2.10. The summed E-state index contributed by atoms with van der Waals surface area (Å²) in [7, 11) is -1.73. The maximum Gasteiger partial charge on any atom is 0.214 e. The van der Waals surface area contributed by atoms with Gasteiger partial charge in [-0.15, -0.1) is 5.10 Å². The molecule has 0 aliphatic heterocycles. The number of hydrogen-bond donors (Lipinski definition) is 1. The van der Waals surface area contributed by atoms with Crippen LogP contribution in [-0.2, 0) is 10.0 Å². The van der Waals surface area contributed by atoms with Crippen LogP contribution in [0.1, 0.15) is 6.42 Å². The summed E-state index contributed by atoms with van der Waals surface area (Å²) in [6.45, 7) is 0. The minimum Gasteiger partial charge on any atom is -0.218 e. The number of tetrazole rings is 1. The van der Waals surface area contributed by atoms with Crippen molar-refractivity contribution < 1.29 is 8.42 Å². The maximum atomic E-state index is 11.3. The number of aromatic nitrogens is 4. The van der Waals surface area contributed by atoms with Gasteiger partial charge < -0.3 is 0 Å². The summed E-state index contributed by atoms with van der Waals surface area (Å²) in [4.78, 5) is 0. The molecule has 9 heteroatoms. The molecule has 1 aromatic carbocycles. The second-order valence-electron chi connectivity index (χ2n) is 3.93. The highest BCUT2D eigenvalue weighted by atomic mass is 32.2. The fraction of sp³-hybridized carbons (Fsp3) is 0.364. The van der Waals surface area contributed by atoms with Gasteiger partial charge in [0.05, 0.1) is 11.4 Å². The number of nitrogens with zero attached hydrogens (tertiary/aromatic N) is 4. The van der Waals surface area contributed by atoms with Crippen molar-refractivity contribution >= 4 is 21.8 Å². The molecule has 0 atom stereocenters. The number of benzene rings is 1. The topological polar surface area (TPSA) is 89.8 Å². The van der Waals surface area contributed by atoms with E-state index < -0.39 is 10.0 Å². The van der Waals surface area contributed by atoms with E-state index in [4.69, 9.17) is 0 Å². The van der Waals surface area contributed by atoms with Crippen LogP contribution >= 0.6 is 11.8 Å². The zero-order valence-corrected chi connectivity index (χ0v) is 12.6. The zero-order valence-electron chi connectivity index (χ0n) is 10.9. The van der Waals surface area contributed by atoms with Crippen LogP contribution in [0.5, 0.6) is 0 Å². The van der Waals surface area contributed by atoms with E-state index in [9.17, 15) is 8.42 Å². The zero-order chi connectivity index (χ0) is 14.4. The first-order chi connectivity index (χ1) is 9.62. The number of rotatable bonds is 7. The summed E-state index contributed by atoms with van der Waals surface area (Å²) in [5.41, 5.74) is 0.878. The van der Waals surface area contributed by atoms with Crippen LogP contribution in [0, 0.1) is 0 Å². The molecule has 1 N–H and O–H groups in total. The predicted octanol–water partition coefficient (Wildman–Crippen LogP) is 0.694. The molecule has 0 radical (unpaired) electrons. The van der Waals surface area contributed by atoms with Crippen molar-refractivity contribution in [2.75, 3.05) is 18.6 Å². The van der Waals surface area contributed by atoms with Crippen LogP contribution in [0.3, 0.4) is 0 Å². The van der Waals surface area contributed by atoms with Gasteiger partial charge in [0, 0.05) is 5.75 Å². The first-order valence-electron chi connectivity index (χ1n) is 6.00. The van der Waals surface area contributed by atoms with Gasteiger partial charge in [-0.2, -0.15) is 4.68 Å². The largest absolute Gasteiger partial charge is 0.218 e. The molecule has 0 saturated carbocycles. The molecule has 2 aromatic rings. The maximum absolute atomic E-state index is 11.3. The molecule has 1 aromatic heterocycles. The molecule has 2 rings (SSSR count). The minimum atomic E-state index is -3.14. The summed E-state index contributed by atoms with van der Waals surface area (Å²) in [6, 6.07) is 9.55. The van der Waals surface area contributed by atoms with Gasteiger partial charge in [0.1, 0.15) is 0 Å². The first-order valence-corrected chi connectivity index (χ1v) is 8.64. The Labute approximate surface area is 121 Å². The molecule has 0 spiro atoms. The van der Waals surface area contributed by atoms with Crippen molar-refractivity contribution in [3.05, 3.63) is 30.3 Å². The molecular formula is C11H15N5O2S2. The van der Waals surface area contributed by atoms with E-state index in [1.165, 1.54) is 18.8 Å². The fourth-order valence-corrected chi connectivity index (χ4v) is 3.26. The van der Waals surface area contributed by atoms with Crippen LogP contribution in [0.2, 0.25) is 0 Å². The van der Waals surface area contributed by atoms with Gasteiger partial charge in [-0.3, -0.25) is 0 Å². The highest BCUT2D eigenvalue weighted by molar-refractivity contribution is 7.99. The molecule has 0 fully saturated rings. The van der Waals surface area contributed by atoms with Gasteiger partial charge in [-0.1, -0.05) is 30.0 Å². The van der Waals surface area contributed by atoms with Gasteiger partial charge in [0.25, 0.3) is 0 Å². The molecule has 0 unspecified atom stereocenters. The molecule has 0 bridgehead atoms. The van der Waals surface area contributed by atoms with Gasteiger partial charge in [0.2, 0.25) is 15.2 Å². The average molecular weight is 313 g/mol. The monoisotopic (exact) mass is 313 g/mol. The van der Waals surface area contributed by atoms with Crippen molar-refractivity contribution in [3.63, 3.8) is 0 Å². The minimum absolute atomic E-state index is 0.101. The SMILES string of the molecule is CNS(=O)(=O)CCCSc1nnnn1-c1ccccc1. The summed E-state index contributed by atoms with van der Waals surface area (Å²) >= 11 is 1.43.